The van der Waals surface area contributed by atoms with Gasteiger partial charge in [-0.05, 0) is 36.5 Å². The van der Waals surface area contributed by atoms with E-state index in [0.717, 1.165) is 12.1 Å². The fourth-order valence-corrected chi connectivity index (χ4v) is 3.31. The second-order valence-electron chi connectivity index (χ2n) is 6.38. The Morgan fingerprint density at radius 1 is 0.870 bits per heavy atom. The van der Waals surface area contributed by atoms with E-state index < -0.39 is 0 Å². The van der Waals surface area contributed by atoms with Gasteiger partial charge in [0.15, 0.2) is 0 Å². The second kappa shape index (κ2) is 8.56. The number of hydrogen-bond donors (Lipinski definition) is 1. The van der Waals surface area contributed by atoms with Gasteiger partial charge in [0.2, 0.25) is 0 Å². The topological polar surface area (TPSA) is 12.0 Å². The van der Waals surface area contributed by atoms with Crippen molar-refractivity contribution >= 4 is 0 Å². The number of nitrogens with one attached hydrogen (secondary N) is 1. The molecule has 0 aliphatic heterocycles. The average molecular weight is 303 g/mol. The molecule has 1 atom stereocenters. The highest BCUT2D eigenvalue weighted by Crippen LogP contribution is 2.26. The van der Waals surface area contributed by atoms with Crippen molar-refractivity contribution < 1.29 is 0 Å². The lowest BCUT2D eigenvalue weighted by Crippen LogP contribution is -2.35. The molecule has 0 radical (unpaired) electrons. The predicted octanol–water partition coefficient (Wildman–Crippen LogP) is 4.78. The zero-order valence-corrected chi connectivity index (χ0v) is 13.7. The smallest absolute Gasteiger partial charge is 0.0724 e. The summed E-state index contributed by atoms with van der Waals surface area (Å²) in [7, 11) is 0. The Balaban J connectivity index is 1.69. The van der Waals surface area contributed by atoms with E-state index >= 15 is 0 Å². The Morgan fingerprint density at radius 3 is 2.22 bits per heavy atom. The van der Waals surface area contributed by atoms with Gasteiger partial charge in [0.05, 0.1) is 6.04 Å². The lowest BCUT2D eigenvalue weighted by Gasteiger charge is -2.27. The van der Waals surface area contributed by atoms with Crippen LogP contribution in [-0.2, 0) is 6.54 Å². The Kier molecular flexibility index (Phi) is 5.89. The van der Waals surface area contributed by atoms with Crippen molar-refractivity contribution in [1.29, 1.82) is 0 Å². The standard InChI is InChI=1S/C22H25N/c1-4-10-19(11-5-1)16-17-22(21-14-8-3-9-15-21)23-18-20-12-6-2-7-13-20/h1-2,4-7,10-13,21-23H,3,8-9,14-15,18H2. The van der Waals surface area contributed by atoms with Gasteiger partial charge in [0, 0.05) is 12.1 Å². The first-order valence-electron chi connectivity index (χ1n) is 8.76. The molecule has 1 heteroatoms. The monoisotopic (exact) mass is 303 g/mol. The lowest BCUT2D eigenvalue weighted by molar-refractivity contribution is 0.305. The first kappa shape index (κ1) is 15.8. The van der Waals surface area contributed by atoms with Crippen molar-refractivity contribution in [2.24, 2.45) is 5.92 Å². The molecule has 1 nitrogen and oxygen atoms in total. The van der Waals surface area contributed by atoms with Gasteiger partial charge in [0.1, 0.15) is 0 Å². The van der Waals surface area contributed by atoms with Crippen LogP contribution in [-0.4, -0.2) is 6.04 Å². The van der Waals surface area contributed by atoms with Crippen LogP contribution in [0.25, 0.3) is 0 Å². The molecule has 3 rings (SSSR count). The summed E-state index contributed by atoms with van der Waals surface area (Å²) in [5, 5.41) is 3.70. The van der Waals surface area contributed by atoms with Crippen LogP contribution in [0, 0.1) is 17.8 Å². The maximum Gasteiger partial charge on any atom is 0.0724 e. The average Bonchev–Trinajstić information content (AvgIpc) is 2.64. The molecule has 2 aromatic rings. The molecule has 1 unspecified atom stereocenters. The van der Waals surface area contributed by atoms with Crippen molar-refractivity contribution in [3.05, 3.63) is 71.8 Å². The first-order valence-corrected chi connectivity index (χ1v) is 8.76. The molecule has 23 heavy (non-hydrogen) atoms. The molecular formula is C22H25N. The molecular weight excluding hydrogens is 278 g/mol. The third-order valence-corrected chi connectivity index (χ3v) is 4.64. The maximum absolute atomic E-state index is 3.70. The normalized spacial score (nSPS) is 16.3. The Labute approximate surface area is 140 Å². The Morgan fingerprint density at radius 2 is 1.52 bits per heavy atom. The molecule has 0 aromatic heterocycles. The van der Waals surface area contributed by atoms with E-state index in [0.29, 0.717) is 5.92 Å². The lowest BCUT2D eigenvalue weighted by atomic mass is 9.84. The third-order valence-electron chi connectivity index (χ3n) is 4.64. The van der Waals surface area contributed by atoms with Gasteiger partial charge in [-0.1, -0.05) is 79.6 Å². The highest BCUT2D eigenvalue weighted by Gasteiger charge is 2.21. The van der Waals surface area contributed by atoms with Gasteiger partial charge in [-0.15, -0.1) is 0 Å². The van der Waals surface area contributed by atoms with Crippen LogP contribution in [0.2, 0.25) is 0 Å². The van der Waals surface area contributed by atoms with Crippen LogP contribution >= 0.6 is 0 Å². The fraction of sp³-hybridized carbons (Fsp3) is 0.364. The summed E-state index contributed by atoms with van der Waals surface area (Å²) in [4.78, 5) is 0. The van der Waals surface area contributed by atoms with Crippen LogP contribution in [0.1, 0.15) is 43.2 Å². The molecule has 1 fully saturated rings. The predicted molar refractivity (Wildman–Crippen MR) is 97.0 cm³/mol. The van der Waals surface area contributed by atoms with Gasteiger partial charge >= 0.3 is 0 Å². The molecule has 118 valence electrons. The van der Waals surface area contributed by atoms with Gasteiger partial charge in [-0.25, -0.2) is 0 Å². The minimum Gasteiger partial charge on any atom is -0.299 e. The quantitative estimate of drug-likeness (QED) is 0.802. The summed E-state index contributed by atoms with van der Waals surface area (Å²) in [5.41, 5.74) is 2.43. The summed E-state index contributed by atoms with van der Waals surface area (Å²) in [5.74, 6) is 7.56. The van der Waals surface area contributed by atoms with E-state index in [4.69, 9.17) is 0 Å². The highest BCUT2D eigenvalue weighted by molar-refractivity contribution is 5.35. The highest BCUT2D eigenvalue weighted by atomic mass is 14.9. The van der Waals surface area contributed by atoms with Crippen LogP contribution in [0.15, 0.2) is 60.7 Å². The van der Waals surface area contributed by atoms with Crippen molar-refractivity contribution in [3.63, 3.8) is 0 Å². The van der Waals surface area contributed by atoms with Crippen molar-refractivity contribution in [2.45, 2.75) is 44.7 Å². The van der Waals surface area contributed by atoms with Crippen LogP contribution in [0.4, 0.5) is 0 Å². The SMILES string of the molecule is C(#CC(NCc1ccccc1)C1CCCCC1)c1ccccc1. The molecule has 0 spiro atoms. The minimum atomic E-state index is 0.288. The van der Waals surface area contributed by atoms with E-state index in [1.807, 2.05) is 6.07 Å². The van der Waals surface area contributed by atoms with E-state index in [9.17, 15) is 0 Å². The first-order chi connectivity index (χ1) is 11.4. The van der Waals surface area contributed by atoms with Crippen molar-refractivity contribution in [3.8, 4) is 11.8 Å². The molecule has 0 bridgehead atoms. The minimum absolute atomic E-state index is 0.288. The van der Waals surface area contributed by atoms with Gasteiger partial charge in [0.25, 0.3) is 0 Å². The van der Waals surface area contributed by atoms with Crippen LogP contribution < -0.4 is 5.32 Å². The van der Waals surface area contributed by atoms with Crippen molar-refractivity contribution in [1.82, 2.24) is 5.32 Å². The molecule has 0 saturated heterocycles. The number of rotatable bonds is 4. The zero-order valence-electron chi connectivity index (χ0n) is 13.7. The van der Waals surface area contributed by atoms with Crippen molar-refractivity contribution in [2.75, 3.05) is 0 Å². The molecule has 0 amide bonds. The molecule has 1 saturated carbocycles. The maximum atomic E-state index is 3.70. The largest absolute Gasteiger partial charge is 0.299 e. The fourth-order valence-electron chi connectivity index (χ4n) is 3.31. The summed E-state index contributed by atoms with van der Waals surface area (Å²) < 4.78 is 0. The molecule has 2 aromatic carbocycles. The zero-order chi connectivity index (χ0) is 15.7. The Bertz CT molecular complexity index is 630. The summed E-state index contributed by atoms with van der Waals surface area (Å²) in [6.07, 6.45) is 6.68. The van der Waals surface area contributed by atoms with Crippen LogP contribution in [0.3, 0.4) is 0 Å². The van der Waals surface area contributed by atoms with E-state index in [1.165, 1.54) is 37.7 Å². The number of benzene rings is 2. The van der Waals surface area contributed by atoms with Crippen LogP contribution in [0.5, 0.6) is 0 Å². The van der Waals surface area contributed by atoms with Gasteiger partial charge < -0.3 is 0 Å². The Hall–Kier alpha value is -2.04. The third kappa shape index (κ3) is 4.98. The summed E-state index contributed by atoms with van der Waals surface area (Å²) >= 11 is 0. The van der Waals surface area contributed by atoms with E-state index in [2.05, 4.69) is 71.8 Å². The molecule has 1 aliphatic rings. The van der Waals surface area contributed by atoms with Gasteiger partial charge in [-0.3, -0.25) is 5.32 Å². The molecule has 0 heterocycles. The second-order valence-corrected chi connectivity index (χ2v) is 6.38. The van der Waals surface area contributed by atoms with E-state index in [1.54, 1.807) is 0 Å². The van der Waals surface area contributed by atoms with E-state index in [-0.39, 0.29) is 6.04 Å². The summed E-state index contributed by atoms with van der Waals surface area (Å²) in [6.45, 7) is 0.894. The number of hydrogen-bond acceptors (Lipinski definition) is 1. The molecule has 1 N–H and O–H groups in total. The molecule has 1 aliphatic carbocycles. The van der Waals surface area contributed by atoms with Gasteiger partial charge in [-0.2, -0.15) is 0 Å². The summed E-state index contributed by atoms with van der Waals surface area (Å²) in [6, 6.07) is 21.2.